The third kappa shape index (κ3) is 3.81. The summed E-state index contributed by atoms with van der Waals surface area (Å²) in [5.74, 6) is -0.707. The van der Waals surface area contributed by atoms with Crippen LogP contribution in [0.3, 0.4) is 0 Å². The van der Waals surface area contributed by atoms with E-state index in [0.717, 1.165) is 0 Å². The Hall–Kier alpha value is -2.37. The molecule has 1 fully saturated rings. The molecule has 0 aliphatic carbocycles. The van der Waals surface area contributed by atoms with Gasteiger partial charge < -0.3 is 16.0 Å². The summed E-state index contributed by atoms with van der Waals surface area (Å²) >= 11 is 0. The Labute approximate surface area is 123 Å². The van der Waals surface area contributed by atoms with Gasteiger partial charge >= 0.3 is 0 Å². The number of hydrogen-bond donors (Lipinski definition) is 2. The molecule has 0 atom stereocenters. The van der Waals surface area contributed by atoms with Gasteiger partial charge in [0.1, 0.15) is 0 Å². The first-order chi connectivity index (χ1) is 9.97. The quantitative estimate of drug-likeness (QED) is 0.868. The molecule has 21 heavy (non-hydrogen) atoms. The van der Waals surface area contributed by atoms with E-state index in [1.54, 1.807) is 29.2 Å². The van der Waals surface area contributed by atoms with Crippen molar-refractivity contribution in [3.63, 3.8) is 0 Å². The first kappa shape index (κ1) is 15.0. The lowest BCUT2D eigenvalue weighted by Crippen LogP contribution is -2.41. The molecule has 0 radical (unpaired) electrons. The molecule has 1 heterocycles. The van der Waals surface area contributed by atoms with Crippen LogP contribution >= 0.6 is 0 Å². The van der Waals surface area contributed by atoms with E-state index in [-0.39, 0.29) is 23.6 Å². The number of nitrogens with one attached hydrogen (secondary N) is 1. The van der Waals surface area contributed by atoms with Crippen LogP contribution in [0, 0.1) is 5.92 Å². The predicted octanol–water partition coefficient (Wildman–Crippen LogP) is 0.982. The highest BCUT2D eigenvalue weighted by atomic mass is 16.2. The average Bonchev–Trinajstić information content (AvgIpc) is 2.46. The van der Waals surface area contributed by atoms with Gasteiger partial charge in [-0.15, -0.1) is 0 Å². The van der Waals surface area contributed by atoms with E-state index < -0.39 is 0 Å². The number of rotatable bonds is 3. The highest BCUT2D eigenvalue weighted by Crippen LogP contribution is 2.20. The Kier molecular flexibility index (Phi) is 4.57. The van der Waals surface area contributed by atoms with Gasteiger partial charge in [-0.3, -0.25) is 14.4 Å². The largest absolute Gasteiger partial charge is 0.369 e. The normalized spacial score (nSPS) is 15.6. The van der Waals surface area contributed by atoms with Gasteiger partial charge in [0.2, 0.25) is 11.8 Å². The number of piperidine rings is 1. The zero-order valence-electron chi connectivity index (χ0n) is 12.0. The number of anilines is 1. The fraction of sp³-hybridized carbons (Fsp3) is 0.400. The lowest BCUT2D eigenvalue weighted by molar-refractivity contribution is -0.123. The fourth-order valence-corrected chi connectivity index (χ4v) is 2.48. The molecule has 112 valence electrons. The summed E-state index contributed by atoms with van der Waals surface area (Å²) in [5, 5.41) is 2.65. The fourth-order valence-electron chi connectivity index (χ4n) is 2.48. The number of carbonyl (C=O) groups excluding carboxylic acids is 3. The van der Waals surface area contributed by atoms with Crippen LogP contribution in [0.25, 0.3) is 0 Å². The molecule has 2 rings (SSSR count). The molecule has 1 aliphatic rings. The van der Waals surface area contributed by atoms with Crippen molar-refractivity contribution in [3.8, 4) is 0 Å². The molecule has 1 aromatic carbocycles. The van der Waals surface area contributed by atoms with Crippen LogP contribution in [0.2, 0.25) is 0 Å². The molecule has 3 amide bonds. The van der Waals surface area contributed by atoms with Crippen LogP contribution in [0.1, 0.15) is 30.1 Å². The van der Waals surface area contributed by atoms with E-state index in [0.29, 0.717) is 37.2 Å². The summed E-state index contributed by atoms with van der Waals surface area (Å²) in [6.45, 7) is 2.47. The van der Waals surface area contributed by atoms with Crippen molar-refractivity contribution in [2.75, 3.05) is 18.4 Å². The van der Waals surface area contributed by atoms with Crippen molar-refractivity contribution < 1.29 is 14.4 Å². The molecule has 6 nitrogen and oxygen atoms in total. The van der Waals surface area contributed by atoms with Crippen molar-refractivity contribution >= 4 is 23.4 Å². The minimum atomic E-state index is -0.297. The summed E-state index contributed by atoms with van der Waals surface area (Å²) in [5.41, 5.74) is 6.41. The van der Waals surface area contributed by atoms with Crippen molar-refractivity contribution in [1.82, 2.24) is 4.90 Å². The Morgan fingerprint density at radius 3 is 2.48 bits per heavy atom. The second-order valence-corrected chi connectivity index (χ2v) is 5.23. The van der Waals surface area contributed by atoms with Crippen LogP contribution in [-0.2, 0) is 9.59 Å². The smallest absolute Gasteiger partial charge is 0.253 e. The highest BCUT2D eigenvalue weighted by Gasteiger charge is 2.26. The van der Waals surface area contributed by atoms with Gasteiger partial charge in [-0.1, -0.05) is 6.07 Å². The average molecular weight is 289 g/mol. The Balaban J connectivity index is 2.04. The van der Waals surface area contributed by atoms with Crippen LogP contribution in [0.5, 0.6) is 0 Å². The molecule has 0 spiro atoms. The molecule has 1 aromatic rings. The van der Waals surface area contributed by atoms with Gasteiger partial charge in [-0.2, -0.15) is 0 Å². The van der Waals surface area contributed by atoms with Crippen LogP contribution in [0.15, 0.2) is 24.3 Å². The highest BCUT2D eigenvalue weighted by molar-refractivity contribution is 5.97. The van der Waals surface area contributed by atoms with Crippen LogP contribution in [0.4, 0.5) is 5.69 Å². The number of amides is 3. The molecule has 1 saturated heterocycles. The number of nitrogens with zero attached hydrogens (tertiary/aromatic N) is 1. The first-order valence-electron chi connectivity index (χ1n) is 6.93. The maximum absolute atomic E-state index is 12.4. The van der Waals surface area contributed by atoms with Gasteiger partial charge in [-0.05, 0) is 31.0 Å². The number of hydrogen-bond acceptors (Lipinski definition) is 3. The maximum atomic E-state index is 12.4. The minimum absolute atomic E-state index is 0.0925. The monoisotopic (exact) mass is 289 g/mol. The van der Waals surface area contributed by atoms with Crippen LogP contribution < -0.4 is 11.1 Å². The summed E-state index contributed by atoms with van der Waals surface area (Å²) in [6.07, 6.45) is 1.21. The van der Waals surface area contributed by atoms with Gasteiger partial charge in [-0.25, -0.2) is 0 Å². The molecule has 0 saturated carbocycles. The molecular weight excluding hydrogens is 270 g/mol. The van der Waals surface area contributed by atoms with E-state index in [4.69, 9.17) is 5.73 Å². The lowest BCUT2D eigenvalue weighted by atomic mass is 9.96. The van der Waals surface area contributed by atoms with Crippen LogP contribution in [-0.4, -0.2) is 35.7 Å². The van der Waals surface area contributed by atoms with Gasteiger partial charge in [0.25, 0.3) is 5.91 Å². The summed E-state index contributed by atoms with van der Waals surface area (Å²) in [7, 11) is 0. The minimum Gasteiger partial charge on any atom is -0.369 e. The van der Waals surface area contributed by atoms with Crippen molar-refractivity contribution in [2.45, 2.75) is 19.8 Å². The number of likely N-dealkylation sites (tertiary alicyclic amines) is 1. The molecule has 6 heteroatoms. The third-order valence-electron chi connectivity index (χ3n) is 3.61. The van der Waals surface area contributed by atoms with Crippen molar-refractivity contribution in [3.05, 3.63) is 29.8 Å². The topological polar surface area (TPSA) is 92.5 Å². The van der Waals surface area contributed by atoms with Gasteiger partial charge in [0.05, 0.1) is 0 Å². The van der Waals surface area contributed by atoms with E-state index in [1.165, 1.54) is 6.92 Å². The predicted molar refractivity (Wildman–Crippen MR) is 78.6 cm³/mol. The molecule has 0 bridgehead atoms. The summed E-state index contributed by atoms with van der Waals surface area (Å²) < 4.78 is 0. The standard InChI is InChI=1S/C15H19N3O3/c1-10(19)17-13-4-2-3-12(9-13)15(21)18-7-5-11(6-8-18)14(16)20/h2-4,9,11H,5-8H2,1H3,(H2,16,20)(H,17,19). The number of benzene rings is 1. The van der Waals surface area contributed by atoms with E-state index in [9.17, 15) is 14.4 Å². The zero-order chi connectivity index (χ0) is 15.4. The Bertz CT molecular complexity index is 563. The zero-order valence-corrected chi connectivity index (χ0v) is 12.0. The summed E-state index contributed by atoms with van der Waals surface area (Å²) in [4.78, 5) is 36.3. The number of primary amides is 1. The van der Waals surface area contributed by atoms with Gasteiger partial charge in [0, 0.05) is 37.2 Å². The molecular formula is C15H19N3O3. The molecule has 1 aliphatic heterocycles. The van der Waals surface area contributed by atoms with E-state index in [1.807, 2.05) is 0 Å². The number of carbonyl (C=O) groups is 3. The van der Waals surface area contributed by atoms with E-state index >= 15 is 0 Å². The Morgan fingerprint density at radius 2 is 1.90 bits per heavy atom. The second kappa shape index (κ2) is 6.39. The lowest BCUT2D eigenvalue weighted by Gasteiger charge is -2.30. The van der Waals surface area contributed by atoms with Gasteiger partial charge in [0.15, 0.2) is 0 Å². The molecule has 3 N–H and O–H groups in total. The molecule has 0 aromatic heterocycles. The first-order valence-corrected chi connectivity index (χ1v) is 6.93. The van der Waals surface area contributed by atoms with Crippen molar-refractivity contribution in [2.24, 2.45) is 11.7 Å². The third-order valence-corrected chi connectivity index (χ3v) is 3.61. The van der Waals surface area contributed by atoms with Crippen molar-refractivity contribution in [1.29, 1.82) is 0 Å². The Morgan fingerprint density at radius 1 is 1.24 bits per heavy atom. The van der Waals surface area contributed by atoms with E-state index in [2.05, 4.69) is 5.32 Å². The molecule has 0 unspecified atom stereocenters. The second-order valence-electron chi connectivity index (χ2n) is 5.23. The maximum Gasteiger partial charge on any atom is 0.253 e. The number of nitrogens with two attached hydrogens (primary N) is 1. The summed E-state index contributed by atoms with van der Waals surface area (Å²) in [6, 6.07) is 6.84. The SMILES string of the molecule is CC(=O)Nc1cccc(C(=O)N2CCC(C(N)=O)CC2)c1.